The molecule has 0 heterocycles. The predicted molar refractivity (Wildman–Crippen MR) is 116 cm³/mol. The Bertz CT molecular complexity index is 707. The van der Waals surface area contributed by atoms with Crippen LogP contribution in [0.1, 0.15) is 57.1 Å². The van der Waals surface area contributed by atoms with E-state index in [2.05, 4.69) is 17.6 Å². The fourth-order valence-electron chi connectivity index (χ4n) is 2.96. The number of benzene rings is 2. The van der Waals surface area contributed by atoms with Gasteiger partial charge < -0.3 is 9.47 Å². The van der Waals surface area contributed by atoms with Gasteiger partial charge in [0.15, 0.2) is 0 Å². The van der Waals surface area contributed by atoms with Crippen LogP contribution in [-0.4, -0.2) is 25.4 Å². The van der Waals surface area contributed by atoms with Crippen LogP contribution in [0.5, 0.6) is 0 Å². The monoisotopic (exact) mass is 398 g/mol. The molecule has 2 amide bonds. The topological polar surface area (TPSA) is 76.7 Å². The Balaban J connectivity index is 2.01. The van der Waals surface area contributed by atoms with E-state index in [1.807, 2.05) is 62.4 Å². The van der Waals surface area contributed by atoms with E-state index in [0.717, 1.165) is 30.4 Å². The van der Waals surface area contributed by atoms with Gasteiger partial charge in [0.1, 0.15) is 0 Å². The summed E-state index contributed by atoms with van der Waals surface area (Å²) < 4.78 is 10.1. The lowest BCUT2D eigenvalue weighted by molar-refractivity contribution is 0.161. The Labute approximate surface area is 172 Å². The maximum absolute atomic E-state index is 11.7. The van der Waals surface area contributed by atoms with Gasteiger partial charge in [-0.25, -0.2) is 9.59 Å². The van der Waals surface area contributed by atoms with Gasteiger partial charge in [0.05, 0.1) is 13.2 Å². The predicted octanol–water partition coefficient (Wildman–Crippen LogP) is 6.15. The molecule has 2 N–H and O–H groups in total. The van der Waals surface area contributed by atoms with Gasteiger partial charge in [-0.05, 0) is 54.7 Å². The van der Waals surface area contributed by atoms with Crippen LogP contribution in [-0.2, 0) is 9.47 Å². The number of rotatable bonds is 9. The van der Waals surface area contributed by atoms with Crippen molar-refractivity contribution in [2.24, 2.45) is 0 Å². The Morgan fingerprint density at radius 2 is 1.10 bits per heavy atom. The molecule has 2 aromatic rings. The van der Waals surface area contributed by atoms with Gasteiger partial charge in [-0.15, -0.1) is 0 Å². The fraction of sp³-hybridized carbons (Fsp3) is 0.391. The van der Waals surface area contributed by atoms with E-state index in [-0.39, 0.29) is 5.92 Å². The SMILES string of the molecule is CCCOC(=O)Nc1ccc(C(CC)c2ccc(NC(=O)OCCC)cc2)cc1. The van der Waals surface area contributed by atoms with Crippen molar-refractivity contribution < 1.29 is 19.1 Å². The minimum atomic E-state index is -0.438. The third-order valence-corrected chi connectivity index (χ3v) is 4.40. The highest BCUT2D eigenvalue weighted by Gasteiger charge is 2.13. The summed E-state index contributed by atoms with van der Waals surface area (Å²) in [6, 6.07) is 15.6. The standard InChI is InChI=1S/C23H30N2O4/c1-4-15-28-22(26)24-19-11-7-17(8-12-19)21(6-3)18-9-13-20(14-10-18)25-23(27)29-16-5-2/h7-14,21H,4-6,15-16H2,1-3H3,(H,24,26)(H,25,27). The highest BCUT2D eigenvalue weighted by atomic mass is 16.6. The Morgan fingerprint density at radius 3 is 1.41 bits per heavy atom. The molecule has 6 nitrogen and oxygen atoms in total. The molecular formula is C23H30N2O4. The fourth-order valence-corrected chi connectivity index (χ4v) is 2.96. The largest absolute Gasteiger partial charge is 0.449 e. The summed E-state index contributed by atoms with van der Waals surface area (Å²) in [5, 5.41) is 5.46. The number of anilines is 2. The molecule has 2 aromatic carbocycles. The van der Waals surface area contributed by atoms with Gasteiger partial charge >= 0.3 is 12.2 Å². The summed E-state index contributed by atoms with van der Waals surface area (Å²) in [6.07, 6.45) is 1.63. The first kappa shape index (κ1) is 22.3. The van der Waals surface area contributed by atoms with E-state index < -0.39 is 12.2 Å². The number of ether oxygens (including phenoxy) is 2. The molecule has 0 aliphatic rings. The van der Waals surface area contributed by atoms with E-state index in [4.69, 9.17) is 9.47 Å². The molecule has 0 spiro atoms. The smallest absolute Gasteiger partial charge is 0.411 e. The van der Waals surface area contributed by atoms with Crippen LogP contribution in [0.25, 0.3) is 0 Å². The van der Waals surface area contributed by atoms with Crippen LogP contribution in [0, 0.1) is 0 Å². The lowest BCUT2D eigenvalue weighted by Gasteiger charge is -2.17. The second kappa shape index (κ2) is 11.7. The van der Waals surface area contributed by atoms with Crippen LogP contribution < -0.4 is 10.6 Å². The Morgan fingerprint density at radius 1 is 0.724 bits per heavy atom. The average Bonchev–Trinajstić information content (AvgIpc) is 2.73. The first-order valence-electron chi connectivity index (χ1n) is 10.1. The number of hydrogen-bond donors (Lipinski definition) is 2. The van der Waals surface area contributed by atoms with Crippen molar-refractivity contribution in [2.45, 2.75) is 46.0 Å². The highest BCUT2D eigenvalue weighted by Crippen LogP contribution is 2.29. The zero-order chi connectivity index (χ0) is 21.1. The van der Waals surface area contributed by atoms with Gasteiger partial charge in [-0.3, -0.25) is 10.6 Å². The molecule has 0 unspecified atom stereocenters. The molecule has 6 heteroatoms. The average molecular weight is 399 g/mol. The van der Waals surface area contributed by atoms with Crippen LogP contribution in [0.2, 0.25) is 0 Å². The van der Waals surface area contributed by atoms with Crippen molar-refractivity contribution in [2.75, 3.05) is 23.8 Å². The minimum Gasteiger partial charge on any atom is -0.449 e. The van der Waals surface area contributed by atoms with Crippen molar-refractivity contribution in [3.63, 3.8) is 0 Å². The zero-order valence-electron chi connectivity index (χ0n) is 17.4. The molecule has 0 aromatic heterocycles. The molecule has 0 radical (unpaired) electrons. The van der Waals surface area contributed by atoms with E-state index in [1.165, 1.54) is 0 Å². The Kier molecular flexibility index (Phi) is 9.02. The Hall–Kier alpha value is -3.02. The molecule has 0 bridgehead atoms. The molecular weight excluding hydrogens is 368 g/mol. The number of carbonyl (C=O) groups is 2. The van der Waals surface area contributed by atoms with Gasteiger partial charge in [-0.2, -0.15) is 0 Å². The summed E-state index contributed by atoms with van der Waals surface area (Å²) in [7, 11) is 0. The molecule has 156 valence electrons. The number of nitrogens with one attached hydrogen (secondary N) is 2. The van der Waals surface area contributed by atoms with Crippen molar-refractivity contribution in [1.29, 1.82) is 0 Å². The first-order valence-corrected chi connectivity index (χ1v) is 10.1. The second-order valence-electron chi connectivity index (χ2n) is 6.73. The molecule has 0 fully saturated rings. The number of carbonyl (C=O) groups excluding carboxylic acids is 2. The second-order valence-corrected chi connectivity index (χ2v) is 6.73. The van der Waals surface area contributed by atoms with E-state index in [9.17, 15) is 9.59 Å². The van der Waals surface area contributed by atoms with Crippen molar-refractivity contribution in [3.05, 3.63) is 59.7 Å². The summed E-state index contributed by atoms with van der Waals surface area (Å²) in [6.45, 7) is 6.85. The van der Waals surface area contributed by atoms with Crippen LogP contribution in [0.4, 0.5) is 21.0 Å². The maximum Gasteiger partial charge on any atom is 0.411 e. The molecule has 0 atom stereocenters. The van der Waals surface area contributed by atoms with E-state index in [0.29, 0.717) is 24.6 Å². The van der Waals surface area contributed by atoms with Crippen molar-refractivity contribution >= 4 is 23.6 Å². The van der Waals surface area contributed by atoms with Crippen LogP contribution >= 0.6 is 0 Å². The summed E-state index contributed by atoms with van der Waals surface area (Å²) >= 11 is 0. The van der Waals surface area contributed by atoms with Gasteiger partial charge in [0, 0.05) is 17.3 Å². The minimum absolute atomic E-state index is 0.220. The van der Waals surface area contributed by atoms with E-state index >= 15 is 0 Å². The lowest BCUT2D eigenvalue weighted by atomic mass is 9.89. The summed E-state index contributed by atoms with van der Waals surface area (Å²) in [4.78, 5) is 23.3. The van der Waals surface area contributed by atoms with Crippen LogP contribution in [0.15, 0.2) is 48.5 Å². The maximum atomic E-state index is 11.7. The van der Waals surface area contributed by atoms with Gasteiger partial charge in [0.2, 0.25) is 0 Å². The van der Waals surface area contributed by atoms with Crippen molar-refractivity contribution in [1.82, 2.24) is 0 Å². The van der Waals surface area contributed by atoms with Gasteiger partial charge in [0.25, 0.3) is 0 Å². The molecule has 2 rings (SSSR count). The normalized spacial score (nSPS) is 10.5. The van der Waals surface area contributed by atoms with E-state index in [1.54, 1.807) is 0 Å². The quantitative estimate of drug-likeness (QED) is 0.531. The molecule has 29 heavy (non-hydrogen) atoms. The summed E-state index contributed by atoms with van der Waals surface area (Å²) in [5.41, 5.74) is 3.72. The lowest BCUT2D eigenvalue weighted by Crippen LogP contribution is -2.14. The first-order chi connectivity index (χ1) is 14.1. The summed E-state index contributed by atoms with van der Waals surface area (Å²) in [5.74, 6) is 0.220. The third kappa shape index (κ3) is 7.14. The third-order valence-electron chi connectivity index (χ3n) is 4.40. The molecule has 0 aliphatic heterocycles. The van der Waals surface area contributed by atoms with Gasteiger partial charge in [-0.1, -0.05) is 45.0 Å². The molecule has 0 saturated heterocycles. The highest BCUT2D eigenvalue weighted by molar-refractivity contribution is 5.85. The molecule has 0 saturated carbocycles. The molecule has 0 aliphatic carbocycles. The van der Waals surface area contributed by atoms with Crippen molar-refractivity contribution in [3.8, 4) is 0 Å². The number of hydrogen-bond acceptors (Lipinski definition) is 4. The van der Waals surface area contributed by atoms with Crippen LogP contribution in [0.3, 0.4) is 0 Å². The zero-order valence-corrected chi connectivity index (χ0v) is 17.4. The number of amides is 2.